The Balaban J connectivity index is 2.12. The van der Waals surface area contributed by atoms with Gasteiger partial charge in [0.25, 0.3) is 11.5 Å². The Bertz CT molecular complexity index is 1050. The van der Waals surface area contributed by atoms with Crippen molar-refractivity contribution in [2.75, 3.05) is 6.54 Å². The largest absolute Gasteiger partial charge is 0.493 e. The first-order valence-electron chi connectivity index (χ1n) is 10.5. The third kappa shape index (κ3) is 5.79. The van der Waals surface area contributed by atoms with Crippen LogP contribution in [-0.2, 0) is 7.05 Å². The molecule has 2 rings (SSSR count). The number of nitrogens with zero attached hydrogens (tertiary/aromatic N) is 4. The van der Waals surface area contributed by atoms with Crippen molar-refractivity contribution in [1.82, 2.24) is 9.88 Å². The highest BCUT2D eigenvalue weighted by atomic mass is 16.3. The number of aromatic hydroxyl groups is 1. The number of pyridine rings is 1. The van der Waals surface area contributed by atoms with Crippen molar-refractivity contribution in [3.63, 3.8) is 0 Å². The third-order valence-corrected chi connectivity index (χ3v) is 5.38. The van der Waals surface area contributed by atoms with Crippen molar-refractivity contribution in [3.05, 3.63) is 51.3 Å². The number of carbonyl (C=O) groups is 1. The topological polar surface area (TPSA) is 120 Å². The number of nitrogens with one attached hydrogen (secondary N) is 1. The summed E-state index contributed by atoms with van der Waals surface area (Å²) in [5.41, 5.74) is 0.647. The Morgan fingerprint density at radius 2 is 1.94 bits per heavy atom. The molecule has 0 aliphatic heterocycles. The highest BCUT2D eigenvalue weighted by molar-refractivity contribution is 5.94. The SMILES string of the molecule is CCCC[C@H](CC)CNC(=O)c1ccc(N=Nc2c(C)c(C#N)c(O)n(C)c2=O)cc1. The second-order valence-electron chi connectivity index (χ2n) is 7.52. The van der Waals surface area contributed by atoms with Crippen molar-refractivity contribution in [3.8, 4) is 11.9 Å². The molecule has 164 valence electrons. The van der Waals surface area contributed by atoms with E-state index in [0.29, 0.717) is 23.7 Å². The van der Waals surface area contributed by atoms with Crippen LogP contribution in [0.15, 0.2) is 39.3 Å². The second kappa shape index (κ2) is 11.1. The maximum atomic E-state index is 12.4. The Kier molecular flexibility index (Phi) is 8.50. The number of unbranched alkanes of at least 4 members (excludes halogenated alkanes) is 1. The monoisotopic (exact) mass is 423 g/mol. The van der Waals surface area contributed by atoms with Crippen molar-refractivity contribution < 1.29 is 9.90 Å². The van der Waals surface area contributed by atoms with Gasteiger partial charge in [0.2, 0.25) is 5.88 Å². The predicted octanol–water partition coefficient (Wildman–Crippen LogP) is 4.63. The molecule has 0 spiro atoms. The maximum Gasteiger partial charge on any atom is 0.281 e. The van der Waals surface area contributed by atoms with E-state index >= 15 is 0 Å². The molecule has 1 heterocycles. The van der Waals surface area contributed by atoms with Crippen LogP contribution in [0.1, 0.15) is 61.0 Å². The summed E-state index contributed by atoms with van der Waals surface area (Å²) in [6, 6.07) is 8.45. The van der Waals surface area contributed by atoms with Gasteiger partial charge >= 0.3 is 0 Å². The molecule has 31 heavy (non-hydrogen) atoms. The first-order valence-corrected chi connectivity index (χ1v) is 10.5. The molecule has 2 aromatic rings. The number of rotatable bonds is 9. The van der Waals surface area contributed by atoms with Crippen LogP contribution in [0.5, 0.6) is 5.88 Å². The standard InChI is InChI=1S/C23H29N5O3/c1-5-7-8-16(6-2)14-25-21(29)17-9-11-18(12-10-17)26-27-20-15(3)19(13-24)22(30)28(4)23(20)31/h9-12,16,30H,5-8,14H2,1-4H3,(H,25,29)/t16-/m0/s1. The van der Waals surface area contributed by atoms with Gasteiger partial charge in [-0.15, -0.1) is 5.11 Å². The molecule has 0 aliphatic rings. The molecule has 1 aromatic heterocycles. The van der Waals surface area contributed by atoms with Crippen LogP contribution in [0, 0.1) is 24.2 Å². The van der Waals surface area contributed by atoms with Crippen molar-refractivity contribution >= 4 is 17.3 Å². The lowest BCUT2D eigenvalue weighted by Crippen LogP contribution is -2.29. The third-order valence-electron chi connectivity index (χ3n) is 5.38. The van der Waals surface area contributed by atoms with Gasteiger partial charge in [-0.3, -0.25) is 14.2 Å². The first kappa shape index (κ1) is 23.8. The zero-order valence-electron chi connectivity index (χ0n) is 18.5. The van der Waals surface area contributed by atoms with Gasteiger partial charge < -0.3 is 10.4 Å². The minimum absolute atomic E-state index is 0.0173. The molecule has 0 radical (unpaired) electrons. The Labute approximate surface area is 182 Å². The minimum Gasteiger partial charge on any atom is -0.493 e. The van der Waals surface area contributed by atoms with Gasteiger partial charge in [-0.05, 0) is 43.5 Å². The number of hydrogen-bond donors (Lipinski definition) is 2. The van der Waals surface area contributed by atoms with E-state index in [4.69, 9.17) is 0 Å². The fraction of sp³-hybridized carbons (Fsp3) is 0.435. The smallest absolute Gasteiger partial charge is 0.281 e. The molecule has 0 aliphatic carbocycles. The summed E-state index contributed by atoms with van der Waals surface area (Å²) in [4.78, 5) is 24.7. The summed E-state index contributed by atoms with van der Waals surface area (Å²) < 4.78 is 0.956. The number of aromatic nitrogens is 1. The highest BCUT2D eigenvalue weighted by Gasteiger charge is 2.17. The average molecular weight is 424 g/mol. The molecule has 1 amide bonds. The lowest BCUT2D eigenvalue weighted by Gasteiger charge is -2.15. The fourth-order valence-electron chi connectivity index (χ4n) is 3.19. The lowest BCUT2D eigenvalue weighted by atomic mass is 9.99. The molecule has 0 unspecified atom stereocenters. The van der Waals surface area contributed by atoms with Crippen LogP contribution in [0.25, 0.3) is 0 Å². The van der Waals surface area contributed by atoms with E-state index in [0.717, 1.165) is 30.3 Å². The number of azo groups is 1. The van der Waals surface area contributed by atoms with Gasteiger partial charge in [-0.2, -0.15) is 10.4 Å². The van der Waals surface area contributed by atoms with E-state index < -0.39 is 11.4 Å². The average Bonchev–Trinajstić information content (AvgIpc) is 2.78. The molecule has 2 N–H and O–H groups in total. The molecular formula is C23H29N5O3. The van der Waals surface area contributed by atoms with Gasteiger partial charge in [0.05, 0.1) is 5.69 Å². The number of benzene rings is 1. The lowest BCUT2D eigenvalue weighted by molar-refractivity contribution is 0.0946. The molecular weight excluding hydrogens is 394 g/mol. The van der Waals surface area contributed by atoms with Crippen LogP contribution in [-0.4, -0.2) is 22.1 Å². The van der Waals surface area contributed by atoms with Gasteiger partial charge in [0, 0.05) is 24.7 Å². The van der Waals surface area contributed by atoms with E-state index in [2.05, 4.69) is 29.4 Å². The maximum absolute atomic E-state index is 12.4. The van der Waals surface area contributed by atoms with Crippen LogP contribution >= 0.6 is 0 Å². The molecule has 0 saturated carbocycles. The molecule has 1 atom stereocenters. The van der Waals surface area contributed by atoms with E-state index in [9.17, 15) is 20.0 Å². The van der Waals surface area contributed by atoms with Crippen molar-refractivity contribution in [1.29, 1.82) is 5.26 Å². The van der Waals surface area contributed by atoms with Crippen LogP contribution < -0.4 is 10.9 Å². The second-order valence-corrected chi connectivity index (χ2v) is 7.52. The Hall–Kier alpha value is -3.47. The number of hydrogen-bond acceptors (Lipinski definition) is 6. The van der Waals surface area contributed by atoms with E-state index in [1.54, 1.807) is 24.3 Å². The summed E-state index contributed by atoms with van der Waals surface area (Å²) in [6.45, 7) is 6.48. The van der Waals surface area contributed by atoms with E-state index in [1.807, 2.05) is 6.07 Å². The van der Waals surface area contributed by atoms with Crippen molar-refractivity contribution in [2.45, 2.75) is 46.5 Å². The van der Waals surface area contributed by atoms with Crippen molar-refractivity contribution in [2.24, 2.45) is 23.2 Å². The summed E-state index contributed by atoms with van der Waals surface area (Å²) in [6.07, 6.45) is 4.45. The van der Waals surface area contributed by atoms with Gasteiger partial charge in [0.1, 0.15) is 11.6 Å². The fourth-order valence-corrected chi connectivity index (χ4v) is 3.19. The summed E-state index contributed by atoms with van der Waals surface area (Å²) in [5.74, 6) is -0.0638. The minimum atomic E-state index is -0.553. The summed E-state index contributed by atoms with van der Waals surface area (Å²) in [7, 11) is 1.36. The number of carbonyl (C=O) groups excluding carboxylic acids is 1. The van der Waals surface area contributed by atoms with E-state index in [-0.39, 0.29) is 22.7 Å². The summed E-state index contributed by atoms with van der Waals surface area (Å²) in [5, 5.41) is 30.2. The first-order chi connectivity index (χ1) is 14.8. The van der Waals surface area contributed by atoms with Gasteiger partial charge in [-0.25, -0.2) is 0 Å². The zero-order chi connectivity index (χ0) is 23.0. The Morgan fingerprint density at radius 3 is 2.52 bits per heavy atom. The highest BCUT2D eigenvalue weighted by Crippen LogP contribution is 2.26. The normalized spacial score (nSPS) is 12.0. The van der Waals surface area contributed by atoms with Crippen LogP contribution in [0.4, 0.5) is 11.4 Å². The quantitative estimate of drug-likeness (QED) is 0.571. The molecule has 8 nitrogen and oxygen atoms in total. The van der Waals surface area contributed by atoms with Crippen LogP contribution in [0.2, 0.25) is 0 Å². The summed E-state index contributed by atoms with van der Waals surface area (Å²) >= 11 is 0. The van der Waals surface area contributed by atoms with E-state index in [1.165, 1.54) is 14.0 Å². The molecule has 0 fully saturated rings. The molecule has 0 bridgehead atoms. The van der Waals surface area contributed by atoms with Crippen LogP contribution in [0.3, 0.4) is 0 Å². The zero-order valence-corrected chi connectivity index (χ0v) is 18.5. The number of amides is 1. The van der Waals surface area contributed by atoms with Gasteiger partial charge in [-0.1, -0.05) is 33.1 Å². The van der Waals surface area contributed by atoms with Gasteiger partial charge in [0.15, 0.2) is 5.69 Å². The molecule has 1 aromatic carbocycles. The molecule has 8 heteroatoms. The predicted molar refractivity (Wildman–Crippen MR) is 119 cm³/mol. The number of nitriles is 1. The molecule has 0 saturated heterocycles. The Morgan fingerprint density at radius 1 is 1.26 bits per heavy atom.